The molecule has 1 N–H and O–H groups in total. The number of aryl methyl sites for hydroxylation is 1. The summed E-state index contributed by atoms with van der Waals surface area (Å²) in [4.78, 5) is 36.3. The lowest BCUT2D eigenvalue weighted by Gasteiger charge is -2.20. The second-order valence-electron chi connectivity index (χ2n) is 4.69. The first-order chi connectivity index (χ1) is 9.52. The summed E-state index contributed by atoms with van der Waals surface area (Å²) in [5.41, 5.74) is 1.28. The molecule has 0 aliphatic heterocycles. The number of benzene rings is 2. The molecule has 0 fully saturated rings. The molecule has 98 valence electrons. The Morgan fingerprint density at radius 2 is 1.45 bits per heavy atom. The van der Waals surface area contributed by atoms with Crippen LogP contribution in [-0.2, 0) is 0 Å². The molecule has 1 aliphatic rings. The molecule has 20 heavy (non-hydrogen) atoms. The minimum Gasteiger partial charge on any atom is -0.478 e. The largest absolute Gasteiger partial charge is 0.478 e. The fourth-order valence-corrected chi connectivity index (χ4v) is 2.56. The number of carbonyl (C=O) groups excluding carboxylic acids is 2. The summed E-state index contributed by atoms with van der Waals surface area (Å²) in [7, 11) is 0. The molecule has 2 aromatic rings. The first-order valence-electron chi connectivity index (χ1n) is 6.07. The average molecular weight is 266 g/mol. The van der Waals surface area contributed by atoms with Gasteiger partial charge in [-0.1, -0.05) is 30.3 Å². The van der Waals surface area contributed by atoms with Crippen molar-refractivity contribution in [3.63, 3.8) is 0 Å². The Hall–Kier alpha value is -2.75. The third-order valence-corrected chi connectivity index (χ3v) is 3.51. The van der Waals surface area contributed by atoms with Gasteiger partial charge in [0.05, 0.1) is 5.56 Å². The van der Waals surface area contributed by atoms with Crippen molar-refractivity contribution in [2.45, 2.75) is 6.92 Å². The van der Waals surface area contributed by atoms with Crippen LogP contribution in [0.1, 0.15) is 47.8 Å². The SMILES string of the molecule is Cc1ccc(C(=O)O)c2c1C(=O)c1ccccc1C2=O. The zero-order valence-corrected chi connectivity index (χ0v) is 10.6. The van der Waals surface area contributed by atoms with Crippen LogP contribution in [0.5, 0.6) is 0 Å². The van der Waals surface area contributed by atoms with E-state index in [-0.39, 0.29) is 28.0 Å². The van der Waals surface area contributed by atoms with Crippen LogP contribution >= 0.6 is 0 Å². The lowest BCUT2D eigenvalue weighted by molar-refractivity contribution is 0.0692. The van der Waals surface area contributed by atoms with Crippen LogP contribution in [0.4, 0.5) is 0 Å². The Bertz CT molecular complexity index is 787. The molecular formula is C16H10O4. The monoisotopic (exact) mass is 266 g/mol. The molecule has 4 nitrogen and oxygen atoms in total. The Balaban J connectivity index is 2.41. The smallest absolute Gasteiger partial charge is 0.336 e. The standard InChI is InChI=1S/C16H10O4/c1-8-6-7-11(16(19)20)13-12(8)14(17)9-4-2-3-5-10(9)15(13)18/h2-7H,1H3,(H,19,20). The third kappa shape index (κ3) is 1.51. The fraction of sp³-hybridized carbons (Fsp3) is 0.0625. The van der Waals surface area contributed by atoms with Gasteiger partial charge in [-0.3, -0.25) is 9.59 Å². The number of carboxylic acids is 1. The van der Waals surface area contributed by atoms with Crippen molar-refractivity contribution < 1.29 is 19.5 Å². The molecule has 4 heteroatoms. The molecule has 0 atom stereocenters. The normalized spacial score (nSPS) is 12.8. The highest BCUT2D eigenvalue weighted by Gasteiger charge is 2.34. The first-order valence-corrected chi connectivity index (χ1v) is 6.07. The van der Waals surface area contributed by atoms with E-state index >= 15 is 0 Å². The van der Waals surface area contributed by atoms with Crippen molar-refractivity contribution in [3.8, 4) is 0 Å². The van der Waals surface area contributed by atoms with Crippen molar-refractivity contribution in [3.05, 3.63) is 69.8 Å². The number of fused-ring (bicyclic) bond motifs is 2. The number of carboxylic acid groups (broad SMARTS) is 1. The summed E-state index contributed by atoms with van der Waals surface area (Å²) in [6.07, 6.45) is 0. The van der Waals surface area contributed by atoms with Gasteiger partial charge in [0.2, 0.25) is 0 Å². The number of hydrogen-bond acceptors (Lipinski definition) is 3. The zero-order chi connectivity index (χ0) is 14.4. The van der Waals surface area contributed by atoms with Crippen LogP contribution in [-0.4, -0.2) is 22.6 Å². The van der Waals surface area contributed by atoms with Crippen molar-refractivity contribution in [1.29, 1.82) is 0 Å². The van der Waals surface area contributed by atoms with Gasteiger partial charge in [0.25, 0.3) is 0 Å². The predicted molar refractivity (Wildman–Crippen MR) is 71.4 cm³/mol. The van der Waals surface area contributed by atoms with Crippen LogP contribution in [0.2, 0.25) is 0 Å². The van der Waals surface area contributed by atoms with E-state index < -0.39 is 11.8 Å². The van der Waals surface area contributed by atoms with E-state index in [0.717, 1.165) is 0 Å². The van der Waals surface area contributed by atoms with Gasteiger partial charge in [-0.05, 0) is 18.6 Å². The van der Waals surface area contributed by atoms with Gasteiger partial charge in [-0.25, -0.2) is 4.79 Å². The minimum absolute atomic E-state index is 0.00111. The summed E-state index contributed by atoms with van der Waals surface area (Å²) in [6, 6.07) is 9.41. The molecule has 0 bridgehead atoms. The Morgan fingerprint density at radius 1 is 0.900 bits per heavy atom. The third-order valence-electron chi connectivity index (χ3n) is 3.51. The molecule has 0 heterocycles. The summed E-state index contributed by atoms with van der Waals surface area (Å²) in [5.74, 6) is -1.91. The highest BCUT2D eigenvalue weighted by atomic mass is 16.4. The van der Waals surface area contributed by atoms with Gasteiger partial charge in [0.15, 0.2) is 11.6 Å². The second kappa shape index (κ2) is 4.13. The van der Waals surface area contributed by atoms with Crippen LogP contribution in [0.3, 0.4) is 0 Å². The fourth-order valence-electron chi connectivity index (χ4n) is 2.56. The summed E-state index contributed by atoms with van der Waals surface area (Å²) < 4.78 is 0. The second-order valence-corrected chi connectivity index (χ2v) is 4.69. The molecule has 0 radical (unpaired) electrons. The van der Waals surface area contributed by atoms with Crippen LogP contribution in [0.15, 0.2) is 36.4 Å². The van der Waals surface area contributed by atoms with E-state index in [2.05, 4.69) is 0 Å². The highest BCUT2D eigenvalue weighted by molar-refractivity contribution is 6.30. The molecule has 0 unspecified atom stereocenters. The predicted octanol–water partition coefficient (Wildman–Crippen LogP) is 2.47. The maximum atomic E-state index is 12.5. The van der Waals surface area contributed by atoms with Crippen LogP contribution in [0.25, 0.3) is 0 Å². The van der Waals surface area contributed by atoms with E-state index in [4.69, 9.17) is 0 Å². The maximum Gasteiger partial charge on any atom is 0.336 e. The zero-order valence-electron chi connectivity index (χ0n) is 10.6. The Labute approximate surface area is 114 Å². The molecule has 0 saturated carbocycles. The lowest BCUT2D eigenvalue weighted by Crippen LogP contribution is -2.24. The Kier molecular flexibility index (Phi) is 2.54. The van der Waals surface area contributed by atoms with Crippen molar-refractivity contribution >= 4 is 17.5 Å². The van der Waals surface area contributed by atoms with E-state index in [1.54, 1.807) is 37.3 Å². The summed E-state index contributed by atoms with van der Waals surface area (Å²) in [6.45, 7) is 1.70. The molecule has 0 aromatic heterocycles. The van der Waals surface area contributed by atoms with E-state index in [0.29, 0.717) is 11.1 Å². The van der Waals surface area contributed by atoms with E-state index in [9.17, 15) is 19.5 Å². The lowest BCUT2D eigenvalue weighted by atomic mass is 9.80. The number of rotatable bonds is 1. The average Bonchev–Trinajstić information content (AvgIpc) is 2.44. The summed E-state index contributed by atoms with van der Waals surface area (Å²) >= 11 is 0. The first kappa shape index (κ1) is 12.3. The van der Waals surface area contributed by atoms with Gasteiger partial charge < -0.3 is 5.11 Å². The van der Waals surface area contributed by atoms with Crippen molar-refractivity contribution in [2.24, 2.45) is 0 Å². The van der Waals surface area contributed by atoms with Gasteiger partial charge >= 0.3 is 5.97 Å². The molecule has 3 rings (SSSR count). The van der Waals surface area contributed by atoms with Crippen molar-refractivity contribution in [2.75, 3.05) is 0 Å². The number of carbonyl (C=O) groups is 3. The highest BCUT2D eigenvalue weighted by Crippen LogP contribution is 2.31. The van der Waals surface area contributed by atoms with Crippen molar-refractivity contribution in [1.82, 2.24) is 0 Å². The molecule has 0 spiro atoms. The van der Waals surface area contributed by atoms with Crippen LogP contribution < -0.4 is 0 Å². The topological polar surface area (TPSA) is 71.4 Å². The molecule has 0 saturated heterocycles. The Morgan fingerprint density at radius 3 is 2.00 bits per heavy atom. The van der Waals surface area contributed by atoms with E-state index in [1.165, 1.54) is 6.07 Å². The van der Waals surface area contributed by atoms with Gasteiger partial charge in [0, 0.05) is 22.3 Å². The number of aromatic carboxylic acids is 1. The quantitative estimate of drug-likeness (QED) is 0.734. The van der Waals surface area contributed by atoms with Gasteiger partial charge in [-0.2, -0.15) is 0 Å². The van der Waals surface area contributed by atoms with Gasteiger partial charge in [0.1, 0.15) is 0 Å². The summed E-state index contributed by atoms with van der Waals surface area (Å²) in [5, 5.41) is 9.22. The van der Waals surface area contributed by atoms with Gasteiger partial charge in [-0.15, -0.1) is 0 Å². The molecular weight excluding hydrogens is 256 g/mol. The molecule has 0 amide bonds. The van der Waals surface area contributed by atoms with Crippen LogP contribution in [0, 0.1) is 6.92 Å². The molecule has 2 aromatic carbocycles. The maximum absolute atomic E-state index is 12.5. The number of hydrogen-bond donors (Lipinski definition) is 1. The molecule has 1 aliphatic carbocycles. The van der Waals surface area contributed by atoms with E-state index in [1.807, 2.05) is 0 Å². The minimum atomic E-state index is -1.21. The number of ketones is 2.